The molecule has 1 aromatic rings. The lowest BCUT2D eigenvalue weighted by atomic mass is 10.3. The number of guanidine groups is 1. The molecular formula is C15H28IN5. The minimum atomic E-state index is 0. The highest BCUT2D eigenvalue weighted by molar-refractivity contribution is 14.0. The normalized spacial score (nSPS) is 11.1. The Bertz CT molecular complexity index is 379. The van der Waals surface area contributed by atoms with Crippen LogP contribution in [0.3, 0.4) is 0 Å². The maximum absolute atomic E-state index is 4.30. The van der Waals surface area contributed by atoms with Gasteiger partial charge in [-0.05, 0) is 25.2 Å². The summed E-state index contributed by atoms with van der Waals surface area (Å²) in [5.41, 5.74) is 1.10. The second kappa shape index (κ2) is 12.8. The number of pyridine rings is 1. The van der Waals surface area contributed by atoms with E-state index in [2.05, 4.69) is 39.4 Å². The van der Waals surface area contributed by atoms with Crippen LogP contribution in [0, 0.1) is 0 Å². The molecule has 1 aromatic heterocycles. The van der Waals surface area contributed by atoms with Crippen LogP contribution in [0.15, 0.2) is 29.4 Å². The summed E-state index contributed by atoms with van der Waals surface area (Å²) in [6, 6.07) is 5.99. The van der Waals surface area contributed by atoms with E-state index in [-0.39, 0.29) is 24.0 Å². The zero-order valence-electron chi connectivity index (χ0n) is 13.3. The Balaban J connectivity index is 0.00000400. The molecule has 0 radical (unpaired) electrons. The first kappa shape index (κ1) is 20.1. The second-order valence-electron chi connectivity index (χ2n) is 4.52. The lowest BCUT2D eigenvalue weighted by Gasteiger charge is -2.19. The van der Waals surface area contributed by atoms with E-state index in [4.69, 9.17) is 0 Å². The standard InChI is InChI=1S/C15H27N5.HI/c1-4-20(5-2)13-12-19-15(16-3)18-11-9-14-8-6-7-10-17-14;/h6-8,10H,4-5,9,11-13H2,1-3H3,(H2,16,18,19);1H. The molecule has 5 nitrogen and oxygen atoms in total. The van der Waals surface area contributed by atoms with Gasteiger partial charge in [0.15, 0.2) is 5.96 Å². The fourth-order valence-electron chi connectivity index (χ4n) is 1.95. The molecule has 0 aromatic carbocycles. The Kier molecular flexibility index (Phi) is 12.3. The van der Waals surface area contributed by atoms with Crippen molar-refractivity contribution in [1.29, 1.82) is 0 Å². The molecule has 0 amide bonds. The fourth-order valence-corrected chi connectivity index (χ4v) is 1.95. The number of hydrogen-bond donors (Lipinski definition) is 2. The maximum Gasteiger partial charge on any atom is 0.191 e. The highest BCUT2D eigenvalue weighted by Crippen LogP contribution is 1.92. The summed E-state index contributed by atoms with van der Waals surface area (Å²) in [6.07, 6.45) is 2.73. The Hall–Kier alpha value is -0.890. The molecule has 0 aliphatic heterocycles. The molecule has 0 aliphatic carbocycles. The van der Waals surface area contributed by atoms with Crippen LogP contribution >= 0.6 is 24.0 Å². The first-order valence-corrected chi connectivity index (χ1v) is 7.36. The highest BCUT2D eigenvalue weighted by Gasteiger charge is 2.01. The summed E-state index contributed by atoms with van der Waals surface area (Å²) in [4.78, 5) is 10.9. The van der Waals surface area contributed by atoms with Gasteiger partial charge in [-0.15, -0.1) is 24.0 Å². The van der Waals surface area contributed by atoms with E-state index in [1.54, 1.807) is 7.05 Å². The molecule has 0 saturated carbocycles. The average Bonchev–Trinajstić information content (AvgIpc) is 2.51. The van der Waals surface area contributed by atoms with Gasteiger partial charge in [0, 0.05) is 45.0 Å². The van der Waals surface area contributed by atoms with Gasteiger partial charge in [0.2, 0.25) is 0 Å². The van der Waals surface area contributed by atoms with Crippen molar-refractivity contribution in [3.05, 3.63) is 30.1 Å². The first-order valence-electron chi connectivity index (χ1n) is 7.36. The molecule has 0 spiro atoms. The van der Waals surface area contributed by atoms with Crippen LogP contribution in [0.2, 0.25) is 0 Å². The van der Waals surface area contributed by atoms with Crippen molar-refractivity contribution >= 4 is 29.9 Å². The van der Waals surface area contributed by atoms with Gasteiger partial charge in [-0.2, -0.15) is 0 Å². The molecule has 0 unspecified atom stereocenters. The number of nitrogens with zero attached hydrogens (tertiary/aromatic N) is 3. The van der Waals surface area contributed by atoms with Crippen LogP contribution in [-0.4, -0.2) is 55.6 Å². The van der Waals surface area contributed by atoms with E-state index >= 15 is 0 Å². The third-order valence-corrected chi connectivity index (χ3v) is 3.24. The zero-order chi connectivity index (χ0) is 14.6. The van der Waals surface area contributed by atoms with Gasteiger partial charge in [0.25, 0.3) is 0 Å². The van der Waals surface area contributed by atoms with Crippen molar-refractivity contribution in [2.24, 2.45) is 4.99 Å². The molecule has 21 heavy (non-hydrogen) atoms. The molecule has 0 fully saturated rings. The summed E-state index contributed by atoms with van der Waals surface area (Å²) in [5, 5.41) is 6.64. The van der Waals surface area contributed by atoms with Crippen molar-refractivity contribution in [3.8, 4) is 0 Å². The summed E-state index contributed by atoms with van der Waals surface area (Å²) in [6.45, 7) is 9.32. The van der Waals surface area contributed by atoms with Gasteiger partial charge in [-0.1, -0.05) is 19.9 Å². The van der Waals surface area contributed by atoms with Gasteiger partial charge in [-0.3, -0.25) is 9.98 Å². The quantitative estimate of drug-likeness (QED) is 0.393. The van der Waals surface area contributed by atoms with Crippen LogP contribution in [0.25, 0.3) is 0 Å². The minimum Gasteiger partial charge on any atom is -0.356 e. The van der Waals surface area contributed by atoms with Crippen molar-refractivity contribution in [1.82, 2.24) is 20.5 Å². The largest absolute Gasteiger partial charge is 0.356 e. The van der Waals surface area contributed by atoms with E-state index < -0.39 is 0 Å². The van der Waals surface area contributed by atoms with E-state index in [0.717, 1.165) is 50.8 Å². The molecule has 1 rings (SSSR count). The molecule has 0 atom stereocenters. The molecular weight excluding hydrogens is 377 g/mol. The first-order chi connectivity index (χ1) is 9.80. The van der Waals surface area contributed by atoms with Crippen LogP contribution < -0.4 is 10.6 Å². The minimum absolute atomic E-state index is 0. The molecule has 6 heteroatoms. The fraction of sp³-hybridized carbons (Fsp3) is 0.600. The SMILES string of the molecule is CCN(CC)CCNC(=NC)NCCc1ccccn1.I. The maximum atomic E-state index is 4.30. The summed E-state index contributed by atoms with van der Waals surface area (Å²) >= 11 is 0. The van der Waals surface area contributed by atoms with E-state index in [1.165, 1.54) is 0 Å². The third-order valence-electron chi connectivity index (χ3n) is 3.24. The van der Waals surface area contributed by atoms with Crippen molar-refractivity contribution in [3.63, 3.8) is 0 Å². The third kappa shape index (κ3) is 8.87. The van der Waals surface area contributed by atoms with Gasteiger partial charge >= 0.3 is 0 Å². The van der Waals surface area contributed by atoms with Gasteiger partial charge in [0.05, 0.1) is 0 Å². The molecule has 0 aliphatic rings. The molecule has 0 saturated heterocycles. The number of aliphatic imine (C=N–C) groups is 1. The number of rotatable bonds is 8. The second-order valence-corrected chi connectivity index (χ2v) is 4.52. The van der Waals surface area contributed by atoms with Gasteiger partial charge in [0.1, 0.15) is 0 Å². The van der Waals surface area contributed by atoms with E-state index in [9.17, 15) is 0 Å². The van der Waals surface area contributed by atoms with Crippen LogP contribution in [0.4, 0.5) is 0 Å². The molecule has 120 valence electrons. The predicted octanol–water partition coefficient (Wildman–Crippen LogP) is 1.75. The molecule has 0 bridgehead atoms. The highest BCUT2D eigenvalue weighted by atomic mass is 127. The number of likely N-dealkylation sites (N-methyl/N-ethyl adjacent to an activating group) is 1. The van der Waals surface area contributed by atoms with Gasteiger partial charge < -0.3 is 15.5 Å². The summed E-state index contributed by atoms with van der Waals surface area (Å²) < 4.78 is 0. The Morgan fingerprint density at radius 2 is 1.90 bits per heavy atom. The van der Waals surface area contributed by atoms with Crippen molar-refractivity contribution in [2.75, 3.05) is 39.8 Å². The number of halogens is 1. The smallest absolute Gasteiger partial charge is 0.191 e. The molecule has 1 heterocycles. The lowest BCUT2D eigenvalue weighted by molar-refractivity contribution is 0.308. The molecule has 2 N–H and O–H groups in total. The van der Waals surface area contributed by atoms with Crippen molar-refractivity contribution < 1.29 is 0 Å². The summed E-state index contributed by atoms with van der Waals surface area (Å²) in [5.74, 6) is 0.855. The average molecular weight is 405 g/mol. The Morgan fingerprint density at radius 1 is 1.19 bits per heavy atom. The number of hydrogen-bond acceptors (Lipinski definition) is 3. The van der Waals surface area contributed by atoms with Crippen molar-refractivity contribution in [2.45, 2.75) is 20.3 Å². The Labute approximate surface area is 145 Å². The topological polar surface area (TPSA) is 52.5 Å². The van der Waals surface area contributed by atoms with Gasteiger partial charge in [-0.25, -0.2) is 0 Å². The van der Waals surface area contributed by atoms with E-state index in [1.807, 2.05) is 24.4 Å². The van der Waals surface area contributed by atoms with E-state index in [0.29, 0.717) is 0 Å². The monoisotopic (exact) mass is 405 g/mol. The zero-order valence-corrected chi connectivity index (χ0v) is 15.6. The number of aromatic nitrogens is 1. The number of nitrogens with one attached hydrogen (secondary N) is 2. The van der Waals surface area contributed by atoms with Crippen LogP contribution in [0.1, 0.15) is 19.5 Å². The predicted molar refractivity (Wildman–Crippen MR) is 101 cm³/mol. The lowest BCUT2D eigenvalue weighted by Crippen LogP contribution is -2.42. The Morgan fingerprint density at radius 3 is 2.48 bits per heavy atom. The summed E-state index contributed by atoms with van der Waals surface area (Å²) in [7, 11) is 1.80. The van der Waals surface area contributed by atoms with Crippen LogP contribution in [0.5, 0.6) is 0 Å². The van der Waals surface area contributed by atoms with Crippen LogP contribution in [-0.2, 0) is 6.42 Å².